The maximum absolute atomic E-state index is 13.4. The lowest BCUT2D eigenvalue weighted by atomic mass is 10.1. The molecule has 0 bridgehead atoms. The normalized spacial score (nSPS) is 16.3. The fraction of sp³-hybridized carbons (Fsp3) is 0.233. The molecule has 1 fully saturated rings. The van der Waals surface area contributed by atoms with Crippen molar-refractivity contribution in [1.82, 2.24) is 19.6 Å². The molecule has 1 aromatic heterocycles. The zero-order valence-electron chi connectivity index (χ0n) is 22.3. The molecule has 1 amide bonds. The first-order chi connectivity index (χ1) is 19.7. The Hall–Kier alpha value is -3.67. The van der Waals surface area contributed by atoms with E-state index in [1.807, 2.05) is 67.6 Å². The first kappa shape index (κ1) is 28.8. The van der Waals surface area contributed by atoms with E-state index in [2.05, 4.69) is 31.5 Å². The third-order valence-electron chi connectivity index (χ3n) is 6.93. The summed E-state index contributed by atoms with van der Waals surface area (Å²) in [6.45, 7) is 2.31. The number of hydrogen-bond donors (Lipinski definition) is 2. The Morgan fingerprint density at radius 3 is 2.46 bits per heavy atom. The highest BCUT2D eigenvalue weighted by molar-refractivity contribution is 9.10. The Kier molecular flexibility index (Phi) is 8.77. The molecule has 5 rings (SSSR count). The quantitative estimate of drug-likeness (QED) is 0.244. The van der Waals surface area contributed by atoms with Gasteiger partial charge in [-0.1, -0.05) is 58.4 Å². The first-order valence-corrected chi connectivity index (χ1v) is 15.4. The van der Waals surface area contributed by atoms with Crippen LogP contribution in [0.3, 0.4) is 0 Å². The smallest absolute Gasteiger partial charge is 0.243 e. The second-order valence-electron chi connectivity index (χ2n) is 9.80. The monoisotopic (exact) mass is 637 g/mol. The fourth-order valence-corrected chi connectivity index (χ4v) is 6.69. The van der Waals surface area contributed by atoms with E-state index in [-0.39, 0.29) is 24.0 Å². The second-order valence-corrected chi connectivity index (χ2v) is 12.6. The third kappa shape index (κ3) is 6.80. The number of benzene rings is 3. The molecule has 1 aliphatic rings. The van der Waals surface area contributed by atoms with Crippen LogP contribution in [0.25, 0.3) is 11.3 Å². The molecule has 212 valence electrons. The largest absolute Gasteiger partial charge is 0.349 e. The van der Waals surface area contributed by atoms with E-state index in [0.717, 1.165) is 27.7 Å². The molecule has 11 heteroatoms. The molecule has 2 heterocycles. The molecule has 4 aromatic rings. The van der Waals surface area contributed by atoms with Crippen LogP contribution >= 0.6 is 15.9 Å². The number of anilines is 1. The predicted octanol–water partition coefficient (Wildman–Crippen LogP) is 5.69. The Balaban J connectivity index is 1.36. The molecule has 0 saturated carbocycles. The van der Waals surface area contributed by atoms with Gasteiger partial charge in [-0.15, -0.1) is 0 Å². The van der Waals surface area contributed by atoms with Gasteiger partial charge in [0.05, 0.1) is 28.9 Å². The number of halogens is 2. The van der Waals surface area contributed by atoms with Crippen LogP contribution in [0.1, 0.15) is 37.1 Å². The van der Waals surface area contributed by atoms with E-state index in [9.17, 15) is 17.6 Å². The molecule has 8 nitrogen and oxygen atoms in total. The summed E-state index contributed by atoms with van der Waals surface area (Å²) in [6.07, 6.45) is 0.937. The van der Waals surface area contributed by atoms with Gasteiger partial charge < -0.3 is 10.6 Å². The molecule has 2 N–H and O–H groups in total. The minimum atomic E-state index is -3.96. The molecule has 1 aliphatic heterocycles. The number of rotatable bonds is 9. The van der Waals surface area contributed by atoms with Gasteiger partial charge >= 0.3 is 0 Å². The SMILES string of the molecule is CC(Nc1nc(CNC(=O)[C@@H]2CCCN2S(=O)(=O)c2ccc(F)cc2)cc(-c2ccc(Br)cc2)n1)c1ccccc1. The van der Waals surface area contributed by atoms with Crippen LogP contribution in [-0.2, 0) is 21.4 Å². The molecular weight excluding hydrogens is 609 g/mol. The Bertz CT molecular complexity index is 1620. The van der Waals surface area contributed by atoms with Crippen molar-refractivity contribution in [2.45, 2.75) is 43.3 Å². The summed E-state index contributed by atoms with van der Waals surface area (Å²) >= 11 is 3.46. The van der Waals surface area contributed by atoms with Crippen LogP contribution in [0.4, 0.5) is 10.3 Å². The molecule has 3 aromatic carbocycles. The van der Waals surface area contributed by atoms with E-state index in [1.54, 1.807) is 0 Å². The van der Waals surface area contributed by atoms with Gasteiger partial charge in [0.1, 0.15) is 11.9 Å². The summed E-state index contributed by atoms with van der Waals surface area (Å²) in [7, 11) is -3.96. The van der Waals surface area contributed by atoms with Gasteiger partial charge in [-0.25, -0.2) is 22.8 Å². The van der Waals surface area contributed by atoms with Crippen LogP contribution in [0.5, 0.6) is 0 Å². The van der Waals surface area contributed by atoms with E-state index >= 15 is 0 Å². The summed E-state index contributed by atoms with van der Waals surface area (Å²) in [5.74, 6) is -0.532. The van der Waals surface area contributed by atoms with Gasteiger partial charge in [0.15, 0.2) is 0 Å². The highest BCUT2D eigenvalue weighted by Crippen LogP contribution is 2.27. The van der Waals surface area contributed by atoms with Crippen molar-refractivity contribution in [3.63, 3.8) is 0 Å². The number of nitrogens with zero attached hydrogens (tertiary/aromatic N) is 3. The summed E-state index contributed by atoms with van der Waals surface area (Å²) in [4.78, 5) is 22.6. The van der Waals surface area contributed by atoms with Crippen LogP contribution in [-0.4, -0.2) is 41.2 Å². The summed E-state index contributed by atoms with van der Waals surface area (Å²) in [5, 5.41) is 6.23. The molecule has 1 saturated heterocycles. The van der Waals surface area contributed by atoms with Crippen molar-refractivity contribution < 1.29 is 17.6 Å². The molecule has 0 aliphatic carbocycles. The zero-order chi connectivity index (χ0) is 29.0. The van der Waals surface area contributed by atoms with Gasteiger partial charge in [0.2, 0.25) is 21.9 Å². The highest BCUT2D eigenvalue weighted by Gasteiger charge is 2.39. The van der Waals surface area contributed by atoms with Crippen molar-refractivity contribution in [3.05, 3.63) is 106 Å². The average Bonchev–Trinajstić information content (AvgIpc) is 3.48. The fourth-order valence-electron chi connectivity index (χ4n) is 4.77. The Morgan fingerprint density at radius 2 is 1.76 bits per heavy atom. The number of carbonyl (C=O) groups is 1. The van der Waals surface area contributed by atoms with Gasteiger partial charge in [0, 0.05) is 16.6 Å². The van der Waals surface area contributed by atoms with Gasteiger partial charge in [-0.2, -0.15) is 4.31 Å². The van der Waals surface area contributed by atoms with Gasteiger partial charge in [-0.3, -0.25) is 4.79 Å². The van der Waals surface area contributed by atoms with E-state index in [0.29, 0.717) is 30.2 Å². The van der Waals surface area contributed by atoms with Crippen molar-refractivity contribution in [2.24, 2.45) is 0 Å². The number of sulfonamides is 1. The minimum Gasteiger partial charge on any atom is -0.349 e. The van der Waals surface area contributed by atoms with Crippen molar-refractivity contribution in [1.29, 1.82) is 0 Å². The second kappa shape index (κ2) is 12.5. The molecule has 2 atom stereocenters. The lowest BCUT2D eigenvalue weighted by molar-refractivity contribution is -0.124. The molecule has 0 radical (unpaired) electrons. The number of hydrogen-bond acceptors (Lipinski definition) is 6. The van der Waals surface area contributed by atoms with Crippen LogP contribution in [0, 0.1) is 5.82 Å². The summed E-state index contributed by atoms with van der Waals surface area (Å²) in [5.41, 5.74) is 3.20. The third-order valence-corrected chi connectivity index (χ3v) is 9.39. The average molecular weight is 639 g/mol. The topological polar surface area (TPSA) is 104 Å². The lowest BCUT2D eigenvalue weighted by Crippen LogP contribution is -2.45. The predicted molar refractivity (Wildman–Crippen MR) is 159 cm³/mol. The van der Waals surface area contributed by atoms with Crippen LogP contribution in [0.2, 0.25) is 0 Å². The van der Waals surface area contributed by atoms with Crippen LogP contribution < -0.4 is 10.6 Å². The van der Waals surface area contributed by atoms with Crippen molar-refractivity contribution in [3.8, 4) is 11.3 Å². The molecule has 0 spiro atoms. The maximum Gasteiger partial charge on any atom is 0.243 e. The minimum absolute atomic E-state index is 0.0446. The summed E-state index contributed by atoms with van der Waals surface area (Å²) in [6, 6.07) is 23.2. The van der Waals surface area contributed by atoms with Crippen molar-refractivity contribution in [2.75, 3.05) is 11.9 Å². The summed E-state index contributed by atoms with van der Waals surface area (Å²) < 4.78 is 41.9. The number of nitrogens with one attached hydrogen (secondary N) is 2. The molecule has 41 heavy (non-hydrogen) atoms. The number of carbonyl (C=O) groups excluding carboxylic acids is 1. The van der Waals surface area contributed by atoms with Gasteiger partial charge in [0.25, 0.3) is 0 Å². The maximum atomic E-state index is 13.4. The lowest BCUT2D eigenvalue weighted by Gasteiger charge is -2.23. The first-order valence-electron chi connectivity index (χ1n) is 13.2. The Morgan fingerprint density at radius 1 is 1.05 bits per heavy atom. The van der Waals surface area contributed by atoms with Crippen molar-refractivity contribution >= 4 is 37.8 Å². The van der Waals surface area contributed by atoms with E-state index in [4.69, 9.17) is 4.98 Å². The standard InChI is InChI=1S/C30H29BrFN5O3S/c1-20(21-6-3-2-4-7-21)34-30-35-25(18-27(36-30)22-9-11-23(31)12-10-22)19-33-29(38)28-8-5-17-37(28)41(39,40)26-15-13-24(32)14-16-26/h2-4,6-7,9-16,18,20,28H,5,8,17,19H2,1H3,(H,33,38)(H,34,35,36)/t20?,28-/m0/s1. The van der Waals surface area contributed by atoms with Gasteiger partial charge in [-0.05, 0) is 67.8 Å². The zero-order valence-corrected chi connectivity index (χ0v) is 24.7. The Labute approximate surface area is 247 Å². The molecular formula is C30H29BrFN5O3S. The molecule has 1 unspecified atom stereocenters. The van der Waals surface area contributed by atoms with E-state index < -0.39 is 27.8 Å². The highest BCUT2D eigenvalue weighted by atomic mass is 79.9. The number of amides is 1. The van der Waals surface area contributed by atoms with E-state index in [1.165, 1.54) is 16.4 Å². The van der Waals surface area contributed by atoms with Crippen LogP contribution in [0.15, 0.2) is 94.3 Å². The number of aromatic nitrogens is 2.